The summed E-state index contributed by atoms with van der Waals surface area (Å²) in [7, 11) is 0. The molecule has 1 nitrogen and oxygen atoms in total. The van der Waals surface area contributed by atoms with Gasteiger partial charge in [-0.3, -0.25) is 0 Å². The van der Waals surface area contributed by atoms with Crippen LogP contribution >= 0.6 is 0 Å². The van der Waals surface area contributed by atoms with Crippen LogP contribution in [0.2, 0.25) is 0 Å². The van der Waals surface area contributed by atoms with Crippen LogP contribution in [0.25, 0.3) is 0 Å². The molecule has 1 N–H and O–H groups in total. The lowest BCUT2D eigenvalue weighted by atomic mass is 10.1. The van der Waals surface area contributed by atoms with Crippen molar-refractivity contribution < 1.29 is 5.11 Å². The minimum Gasteiger partial charge on any atom is -0.370 e. The summed E-state index contributed by atoms with van der Waals surface area (Å²) < 4.78 is 0. The van der Waals surface area contributed by atoms with Crippen molar-refractivity contribution in [1.29, 1.82) is 0 Å². The topological polar surface area (TPSA) is 20.2 Å². The van der Waals surface area contributed by atoms with Gasteiger partial charge in [0.2, 0.25) is 0 Å². The summed E-state index contributed by atoms with van der Waals surface area (Å²) in [5.74, 6) is 2.22. The van der Waals surface area contributed by atoms with E-state index in [0.29, 0.717) is 0 Å². The van der Waals surface area contributed by atoms with Gasteiger partial charge in [0.05, 0.1) is 0 Å². The Balaban J connectivity index is 2.89. The predicted octanol–water partition coefficient (Wildman–Crippen LogP) is 0.477. The van der Waals surface area contributed by atoms with Gasteiger partial charge in [0, 0.05) is 0 Å². The lowest BCUT2D eigenvalue weighted by molar-refractivity contribution is 0.207. The maximum absolute atomic E-state index is 9.09. The molecule has 0 heterocycles. The molecule has 0 atom stereocenters. The second kappa shape index (κ2) is 1.50. The Morgan fingerprint density at radius 1 is 1.38 bits per heavy atom. The second-order valence-electron chi connectivity index (χ2n) is 1.69. The third-order valence-corrected chi connectivity index (χ3v) is 1.04. The molecule has 1 rings (SSSR count). The van der Waals surface area contributed by atoms with Crippen LogP contribution in [-0.4, -0.2) is 10.7 Å². The van der Waals surface area contributed by atoms with Gasteiger partial charge < -0.3 is 5.11 Å². The smallest absolute Gasteiger partial charge is 0.163 e. The number of hydrogen-bond donors (Lipinski definition) is 1. The van der Waals surface area contributed by atoms with E-state index >= 15 is 0 Å². The standard InChI is InChI=1S/C7H6O/c1-2-7(8)5-3-4-6-7/h1,3-6,8H. The Labute approximate surface area is 48.3 Å². The lowest BCUT2D eigenvalue weighted by Gasteiger charge is -2.06. The summed E-state index contributed by atoms with van der Waals surface area (Å²) in [4.78, 5) is 0. The van der Waals surface area contributed by atoms with Crippen LogP contribution in [0.4, 0.5) is 0 Å². The molecule has 0 aromatic carbocycles. The van der Waals surface area contributed by atoms with Crippen molar-refractivity contribution >= 4 is 0 Å². The molecule has 0 unspecified atom stereocenters. The minimum atomic E-state index is -1.10. The van der Waals surface area contributed by atoms with E-state index in [9.17, 15) is 0 Å². The second-order valence-corrected chi connectivity index (χ2v) is 1.69. The fourth-order valence-electron chi connectivity index (χ4n) is 0.556. The highest BCUT2D eigenvalue weighted by atomic mass is 16.3. The van der Waals surface area contributed by atoms with E-state index in [0.717, 1.165) is 0 Å². The average molecular weight is 106 g/mol. The molecule has 0 aliphatic heterocycles. The molecule has 1 heteroatoms. The molecule has 8 heavy (non-hydrogen) atoms. The molecule has 0 bridgehead atoms. The fourth-order valence-corrected chi connectivity index (χ4v) is 0.556. The zero-order chi connectivity index (χ0) is 6.04. The van der Waals surface area contributed by atoms with Gasteiger partial charge in [0.1, 0.15) is 0 Å². The number of allylic oxidation sites excluding steroid dienone is 2. The van der Waals surface area contributed by atoms with E-state index in [1.54, 1.807) is 24.3 Å². The summed E-state index contributed by atoms with van der Waals surface area (Å²) in [6, 6.07) is 0. The third-order valence-electron chi connectivity index (χ3n) is 1.04. The summed E-state index contributed by atoms with van der Waals surface area (Å²) in [6.07, 6.45) is 11.5. The highest BCUT2D eigenvalue weighted by Gasteiger charge is 2.16. The summed E-state index contributed by atoms with van der Waals surface area (Å²) >= 11 is 0. The van der Waals surface area contributed by atoms with Crippen molar-refractivity contribution in [3.63, 3.8) is 0 Å². The van der Waals surface area contributed by atoms with Gasteiger partial charge in [-0.25, -0.2) is 0 Å². The summed E-state index contributed by atoms with van der Waals surface area (Å²) in [5, 5.41) is 9.09. The van der Waals surface area contributed by atoms with Crippen LogP contribution in [0.5, 0.6) is 0 Å². The Morgan fingerprint density at radius 2 is 1.88 bits per heavy atom. The van der Waals surface area contributed by atoms with Crippen LogP contribution in [0.1, 0.15) is 0 Å². The van der Waals surface area contributed by atoms with Gasteiger partial charge >= 0.3 is 0 Å². The van der Waals surface area contributed by atoms with Crippen LogP contribution in [0.15, 0.2) is 24.3 Å². The number of rotatable bonds is 0. The molecular weight excluding hydrogens is 100 g/mol. The number of aliphatic hydroxyl groups is 1. The van der Waals surface area contributed by atoms with Gasteiger partial charge in [-0.2, -0.15) is 0 Å². The Kier molecular flexibility index (Phi) is 0.964. The molecule has 0 aromatic heterocycles. The quantitative estimate of drug-likeness (QED) is 0.445. The van der Waals surface area contributed by atoms with Crippen LogP contribution in [-0.2, 0) is 0 Å². The maximum atomic E-state index is 9.09. The lowest BCUT2D eigenvalue weighted by Crippen LogP contribution is -2.16. The normalized spacial score (nSPS) is 21.0. The van der Waals surface area contributed by atoms with Gasteiger partial charge in [-0.1, -0.05) is 18.1 Å². The maximum Gasteiger partial charge on any atom is 0.163 e. The SMILES string of the molecule is C#CC1(O)C=CC=C1. The van der Waals surface area contributed by atoms with Crippen molar-refractivity contribution in [2.75, 3.05) is 0 Å². The first-order valence-electron chi connectivity index (χ1n) is 2.34. The predicted molar refractivity (Wildman–Crippen MR) is 32.1 cm³/mol. The average Bonchev–Trinajstić information content (AvgIpc) is 2.17. The first-order chi connectivity index (χ1) is 3.77. The minimum absolute atomic E-state index is 1.10. The zero-order valence-electron chi connectivity index (χ0n) is 4.33. The summed E-state index contributed by atoms with van der Waals surface area (Å²) in [6.45, 7) is 0. The van der Waals surface area contributed by atoms with Crippen LogP contribution in [0, 0.1) is 12.3 Å². The Bertz CT molecular complexity index is 169. The molecule has 0 saturated heterocycles. The van der Waals surface area contributed by atoms with E-state index in [2.05, 4.69) is 5.92 Å². The molecular formula is C7H6O. The van der Waals surface area contributed by atoms with Crippen molar-refractivity contribution in [3.8, 4) is 12.3 Å². The molecule has 0 saturated carbocycles. The molecule has 0 amide bonds. The van der Waals surface area contributed by atoms with E-state index in [1.807, 2.05) is 0 Å². The summed E-state index contributed by atoms with van der Waals surface area (Å²) in [5.41, 5.74) is -1.10. The first-order valence-corrected chi connectivity index (χ1v) is 2.34. The van der Waals surface area contributed by atoms with Crippen molar-refractivity contribution in [1.82, 2.24) is 0 Å². The van der Waals surface area contributed by atoms with E-state index in [4.69, 9.17) is 11.5 Å². The van der Waals surface area contributed by atoms with E-state index in [-0.39, 0.29) is 0 Å². The molecule has 0 aromatic rings. The van der Waals surface area contributed by atoms with Gasteiger partial charge in [-0.15, -0.1) is 6.42 Å². The number of terminal acetylenes is 1. The fraction of sp³-hybridized carbons (Fsp3) is 0.143. The van der Waals surface area contributed by atoms with Crippen LogP contribution in [0.3, 0.4) is 0 Å². The molecule has 0 spiro atoms. The zero-order valence-corrected chi connectivity index (χ0v) is 4.33. The monoisotopic (exact) mass is 106 g/mol. The molecule has 40 valence electrons. The van der Waals surface area contributed by atoms with E-state index < -0.39 is 5.60 Å². The van der Waals surface area contributed by atoms with Gasteiger partial charge in [-0.05, 0) is 12.2 Å². The molecule has 1 aliphatic carbocycles. The third kappa shape index (κ3) is 0.661. The highest BCUT2D eigenvalue weighted by Crippen LogP contribution is 2.12. The largest absolute Gasteiger partial charge is 0.370 e. The molecule has 0 fully saturated rings. The Hall–Kier alpha value is -1.00. The molecule has 1 aliphatic rings. The van der Waals surface area contributed by atoms with Gasteiger partial charge in [0.25, 0.3) is 0 Å². The highest BCUT2D eigenvalue weighted by molar-refractivity contribution is 5.36. The first kappa shape index (κ1) is 5.14. The Morgan fingerprint density at radius 3 is 2.12 bits per heavy atom. The number of hydrogen-bond acceptors (Lipinski definition) is 1. The van der Waals surface area contributed by atoms with E-state index in [1.165, 1.54) is 0 Å². The van der Waals surface area contributed by atoms with Gasteiger partial charge in [0.15, 0.2) is 5.60 Å². The van der Waals surface area contributed by atoms with Crippen molar-refractivity contribution in [3.05, 3.63) is 24.3 Å². The van der Waals surface area contributed by atoms with Crippen molar-refractivity contribution in [2.45, 2.75) is 5.60 Å². The molecule has 0 radical (unpaired) electrons. The van der Waals surface area contributed by atoms with Crippen LogP contribution < -0.4 is 0 Å². The van der Waals surface area contributed by atoms with Crippen molar-refractivity contribution in [2.24, 2.45) is 0 Å².